The van der Waals surface area contributed by atoms with Crippen LogP contribution in [0.3, 0.4) is 0 Å². The molecule has 2 N–H and O–H groups in total. The SMILES string of the molecule is C[C@@H]1CCc2sc(C(=O)N=Nc3c(O)[nH]c4cc(F)ccc34)cc2C1. The Labute approximate surface area is 147 Å². The molecule has 0 unspecified atom stereocenters. The molecule has 1 aliphatic rings. The normalized spacial score (nSPS) is 17.3. The third-order valence-electron chi connectivity index (χ3n) is 4.49. The number of carbonyl (C=O) groups is 1. The Kier molecular flexibility index (Phi) is 3.88. The summed E-state index contributed by atoms with van der Waals surface area (Å²) in [5, 5.41) is 18.1. The maximum Gasteiger partial charge on any atom is 0.305 e. The van der Waals surface area contributed by atoms with Crippen LogP contribution in [0, 0.1) is 11.7 Å². The number of aromatic hydroxyl groups is 1. The highest BCUT2D eigenvalue weighted by Crippen LogP contribution is 2.36. The van der Waals surface area contributed by atoms with E-state index in [1.165, 1.54) is 40.0 Å². The van der Waals surface area contributed by atoms with Crippen LogP contribution in [-0.2, 0) is 12.8 Å². The number of hydrogen-bond acceptors (Lipinski definition) is 4. The lowest BCUT2D eigenvalue weighted by atomic mass is 9.90. The minimum Gasteiger partial charge on any atom is -0.493 e. The van der Waals surface area contributed by atoms with Crippen LogP contribution in [0.4, 0.5) is 10.1 Å². The number of halogens is 1. The fraction of sp³-hybridized carbons (Fsp3) is 0.278. The van der Waals surface area contributed by atoms with Crippen molar-refractivity contribution in [3.8, 4) is 5.88 Å². The summed E-state index contributed by atoms with van der Waals surface area (Å²) in [6.07, 6.45) is 3.13. The third-order valence-corrected chi connectivity index (χ3v) is 5.72. The highest BCUT2D eigenvalue weighted by atomic mass is 32.1. The van der Waals surface area contributed by atoms with Crippen LogP contribution in [0.1, 0.15) is 33.5 Å². The number of hydrogen-bond donors (Lipinski definition) is 2. The van der Waals surface area contributed by atoms with Gasteiger partial charge in [-0.1, -0.05) is 6.92 Å². The average Bonchev–Trinajstić information content (AvgIpc) is 3.12. The quantitative estimate of drug-likeness (QED) is 0.624. The molecular formula is C18H16FN3O2S. The van der Waals surface area contributed by atoms with Crippen molar-refractivity contribution in [2.75, 3.05) is 0 Å². The summed E-state index contributed by atoms with van der Waals surface area (Å²) in [6.45, 7) is 2.21. The summed E-state index contributed by atoms with van der Waals surface area (Å²) in [4.78, 5) is 16.8. The molecule has 1 aromatic carbocycles. The van der Waals surface area contributed by atoms with Crippen LogP contribution >= 0.6 is 11.3 Å². The number of carbonyl (C=O) groups excluding carboxylic acids is 1. The van der Waals surface area contributed by atoms with Crippen LogP contribution in [0.5, 0.6) is 5.88 Å². The molecule has 3 aromatic rings. The highest BCUT2D eigenvalue weighted by molar-refractivity contribution is 7.14. The number of nitrogens with zero attached hydrogens (tertiary/aromatic N) is 2. The predicted molar refractivity (Wildman–Crippen MR) is 94.3 cm³/mol. The van der Waals surface area contributed by atoms with Gasteiger partial charge in [0.05, 0.1) is 10.4 Å². The molecule has 0 saturated carbocycles. The molecule has 0 aliphatic heterocycles. The summed E-state index contributed by atoms with van der Waals surface area (Å²) < 4.78 is 13.2. The largest absolute Gasteiger partial charge is 0.493 e. The van der Waals surface area contributed by atoms with E-state index in [1.54, 1.807) is 0 Å². The lowest BCUT2D eigenvalue weighted by Gasteiger charge is -2.16. The first-order chi connectivity index (χ1) is 12.0. The van der Waals surface area contributed by atoms with Gasteiger partial charge in [0, 0.05) is 10.3 Å². The number of fused-ring (bicyclic) bond motifs is 2. The second kappa shape index (κ2) is 6.07. The van der Waals surface area contributed by atoms with Crippen molar-refractivity contribution in [2.45, 2.75) is 26.2 Å². The van der Waals surface area contributed by atoms with Gasteiger partial charge in [-0.3, -0.25) is 4.79 Å². The molecule has 1 atom stereocenters. The number of benzene rings is 1. The smallest absolute Gasteiger partial charge is 0.305 e. The highest BCUT2D eigenvalue weighted by Gasteiger charge is 2.21. The first-order valence-corrected chi connectivity index (χ1v) is 8.91. The number of amides is 1. The molecular weight excluding hydrogens is 341 g/mol. The lowest BCUT2D eigenvalue weighted by Crippen LogP contribution is -2.08. The van der Waals surface area contributed by atoms with Gasteiger partial charge in [0.25, 0.3) is 0 Å². The molecule has 2 heterocycles. The van der Waals surface area contributed by atoms with Gasteiger partial charge in [-0.15, -0.1) is 21.6 Å². The van der Waals surface area contributed by atoms with Crippen molar-refractivity contribution in [2.24, 2.45) is 16.1 Å². The monoisotopic (exact) mass is 357 g/mol. The first-order valence-electron chi connectivity index (χ1n) is 8.09. The molecule has 0 radical (unpaired) electrons. The number of azo groups is 1. The molecule has 1 aliphatic carbocycles. The van der Waals surface area contributed by atoms with E-state index in [9.17, 15) is 14.3 Å². The van der Waals surface area contributed by atoms with Gasteiger partial charge in [-0.05, 0) is 55.0 Å². The van der Waals surface area contributed by atoms with Crippen molar-refractivity contribution in [3.63, 3.8) is 0 Å². The van der Waals surface area contributed by atoms with Crippen LogP contribution in [0.25, 0.3) is 10.9 Å². The molecule has 2 aromatic heterocycles. The summed E-state index contributed by atoms with van der Waals surface area (Å²) >= 11 is 1.47. The molecule has 4 rings (SSSR count). The third kappa shape index (κ3) is 2.95. The zero-order chi connectivity index (χ0) is 17.6. The second-order valence-corrected chi connectivity index (χ2v) is 7.56. The Morgan fingerprint density at radius 3 is 3.08 bits per heavy atom. The van der Waals surface area contributed by atoms with E-state index in [4.69, 9.17) is 0 Å². The van der Waals surface area contributed by atoms with Gasteiger partial charge in [0.1, 0.15) is 5.82 Å². The zero-order valence-corrected chi connectivity index (χ0v) is 14.4. The lowest BCUT2D eigenvalue weighted by molar-refractivity contribution is 0.0999. The van der Waals surface area contributed by atoms with E-state index >= 15 is 0 Å². The number of thiophene rings is 1. The van der Waals surface area contributed by atoms with Crippen molar-refractivity contribution in [1.29, 1.82) is 0 Å². The van der Waals surface area contributed by atoms with Gasteiger partial charge in [-0.25, -0.2) is 4.39 Å². The molecule has 7 heteroatoms. The van der Waals surface area contributed by atoms with E-state index in [2.05, 4.69) is 22.1 Å². The molecule has 25 heavy (non-hydrogen) atoms. The zero-order valence-electron chi connectivity index (χ0n) is 13.5. The number of rotatable bonds is 2. The van der Waals surface area contributed by atoms with Gasteiger partial charge in [-0.2, -0.15) is 0 Å². The maximum absolute atomic E-state index is 13.2. The van der Waals surface area contributed by atoms with Gasteiger partial charge >= 0.3 is 5.91 Å². The van der Waals surface area contributed by atoms with Gasteiger partial charge in [0.15, 0.2) is 5.69 Å². The van der Waals surface area contributed by atoms with Gasteiger partial charge in [0.2, 0.25) is 5.88 Å². The fourth-order valence-electron chi connectivity index (χ4n) is 3.20. The van der Waals surface area contributed by atoms with Crippen molar-refractivity contribution >= 4 is 33.8 Å². The van der Waals surface area contributed by atoms with Crippen molar-refractivity contribution in [3.05, 3.63) is 45.4 Å². The van der Waals surface area contributed by atoms with Crippen LogP contribution in [-0.4, -0.2) is 16.0 Å². The Morgan fingerprint density at radius 2 is 2.24 bits per heavy atom. The van der Waals surface area contributed by atoms with Gasteiger partial charge < -0.3 is 10.1 Å². The molecule has 5 nitrogen and oxygen atoms in total. The van der Waals surface area contributed by atoms with Crippen LogP contribution < -0.4 is 0 Å². The van der Waals surface area contributed by atoms with E-state index in [-0.39, 0.29) is 11.6 Å². The van der Waals surface area contributed by atoms with E-state index in [1.807, 2.05) is 6.07 Å². The summed E-state index contributed by atoms with van der Waals surface area (Å²) in [5.74, 6) is -0.457. The Bertz CT molecular complexity index is 1010. The predicted octanol–water partition coefficient (Wildman–Crippen LogP) is 5.12. The van der Waals surface area contributed by atoms with Crippen LogP contribution in [0.15, 0.2) is 34.5 Å². The Hall–Kier alpha value is -2.54. The Balaban J connectivity index is 1.62. The number of aromatic nitrogens is 1. The number of H-pyrrole nitrogens is 1. The van der Waals surface area contributed by atoms with E-state index < -0.39 is 11.7 Å². The minimum absolute atomic E-state index is 0.137. The second-order valence-electron chi connectivity index (χ2n) is 6.42. The minimum atomic E-state index is -0.428. The summed E-state index contributed by atoms with van der Waals surface area (Å²) in [6, 6.07) is 5.92. The Morgan fingerprint density at radius 1 is 1.40 bits per heavy atom. The van der Waals surface area contributed by atoms with Crippen molar-refractivity contribution < 1.29 is 14.3 Å². The molecule has 1 amide bonds. The molecule has 0 spiro atoms. The van der Waals surface area contributed by atoms with Crippen LogP contribution in [0.2, 0.25) is 0 Å². The molecule has 0 bridgehead atoms. The van der Waals surface area contributed by atoms with E-state index in [0.717, 1.165) is 19.3 Å². The first kappa shape index (κ1) is 16.0. The average molecular weight is 357 g/mol. The molecule has 0 saturated heterocycles. The summed E-state index contributed by atoms with van der Waals surface area (Å²) in [5.41, 5.74) is 1.77. The molecule has 0 fully saturated rings. The number of nitrogens with one attached hydrogen (secondary N) is 1. The van der Waals surface area contributed by atoms with Crippen molar-refractivity contribution in [1.82, 2.24) is 4.98 Å². The van der Waals surface area contributed by atoms with E-state index in [0.29, 0.717) is 21.7 Å². The topological polar surface area (TPSA) is 77.8 Å². The number of aromatic amines is 1. The molecule has 128 valence electrons. The number of aryl methyl sites for hydroxylation is 1. The summed E-state index contributed by atoms with van der Waals surface area (Å²) in [7, 11) is 0. The standard InChI is InChI=1S/C18H16FN3O2S/c1-9-2-5-14-10(6-9)7-15(25-14)17(23)22-21-16-12-4-3-11(19)8-13(12)20-18(16)24/h3-4,7-9,20,24H,2,5-6H2,1H3/t9-/m1/s1. The fourth-order valence-corrected chi connectivity index (χ4v) is 4.29. The maximum atomic E-state index is 13.2.